The maximum Gasteiger partial charge on any atom is 0.417 e. The van der Waals surface area contributed by atoms with Crippen LogP contribution in [0, 0.1) is 27.2 Å². The van der Waals surface area contributed by atoms with Gasteiger partial charge in [0.1, 0.15) is 0 Å². The lowest BCUT2D eigenvalue weighted by atomic mass is 9.49. The molecule has 4 aliphatic rings. The fourth-order valence-corrected chi connectivity index (χ4v) is 10.0. The van der Waals surface area contributed by atoms with E-state index in [-0.39, 0.29) is 48.5 Å². The maximum absolute atomic E-state index is 15.4. The Labute approximate surface area is 341 Å². The average molecular weight is 918 g/mol. The summed E-state index contributed by atoms with van der Waals surface area (Å²) < 4.78 is 46.4. The molecule has 0 unspecified atom stereocenters. The van der Waals surface area contributed by atoms with Gasteiger partial charge in [-0.1, -0.05) is 77.3 Å². The molecule has 1 aromatic heterocycles. The number of aromatic nitrogens is 1. The van der Waals surface area contributed by atoms with Gasteiger partial charge in [0.2, 0.25) is 11.8 Å². The second-order valence-electron chi connectivity index (χ2n) is 14.2. The molecule has 1 saturated carbocycles. The van der Waals surface area contributed by atoms with Crippen LogP contribution in [0.1, 0.15) is 41.0 Å². The third-order valence-corrected chi connectivity index (χ3v) is 12.8. The summed E-state index contributed by atoms with van der Waals surface area (Å²) in [5.41, 5.74) is 2.04. The van der Waals surface area contributed by atoms with Gasteiger partial charge in [-0.2, -0.15) is 18.2 Å². The number of halogens is 6. The molecule has 10 nitrogen and oxygen atoms in total. The number of likely N-dealkylation sites (tertiary alicyclic amines) is 1. The van der Waals surface area contributed by atoms with Crippen molar-refractivity contribution in [2.45, 2.75) is 36.9 Å². The number of hydrazine groups is 1. The Balaban J connectivity index is 1.31. The van der Waals surface area contributed by atoms with Crippen molar-refractivity contribution in [1.29, 1.82) is 0 Å². The molecule has 56 heavy (non-hydrogen) atoms. The predicted molar refractivity (Wildman–Crippen MR) is 206 cm³/mol. The number of nitrogens with one attached hydrogen (secondary N) is 1. The largest absolute Gasteiger partial charge is 0.504 e. The van der Waals surface area contributed by atoms with E-state index in [9.17, 15) is 32.7 Å². The molecule has 3 aromatic carbocycles. The summed E-state index contributed by atoms with van der Waals surface area (Å²) in [5.74, 6) is -7.07. The van der Waals surface area contributed by atoms with Crippen molar-refractivity contribution in [3.8, 4) is 11.5 Å². The number of pyridine rings is 1. The zero-order chi connectivity index (χ0) is 39.8. The molecule has 2 N–H and O–H groups in total. The number of hydrogen-bond acceptors (Lipinski definition) is 8. The van der Waals surface area contributed by atoms with Crippen LogP contribution in [-0.2, 0) is 37.3 Å². The molecule has 8 rings (SSSR count). The Bertz CT molecular complexity index is 2350. The fraction of sp³-hybridized carbons (Fsp3) is 0.275. The minimum Gasteiger partial charge on any atom is -0.504 e. The molecule has 2 aliphatic heterocycles. The standard InChI is InChI=1S/C40H30Cl2F3IN4O6/c1-56-30-14-20(13-29(46)33(30)51)32-24-11-12-25-31(37(54)49(35(25)52)18-19-5-3-2-4-6-19)26(24)16-27-36(53)50(38(55)39(27,32)21-7-9-23(41)10-8-21)48-34-28(42)15-22(17-47-34)40(43,44)45/h2-11,13-15,17,25-27,31-32,51H,12,16,18H2,1H3,(H,47,48)/t25-,26+,27-,31-,32-,39+/m0/s1. The first-order chi connectivity index (χ1) is 26.7. The normalized spacial score (nSPS) is 25.8. The van der Waals surface area contributed by atoms with Gasteiger partial charge in [-0.25, -0.2) is 4.98 Å². The number of amides is 4. The van der Waals surface area contributed by atoms with Gasteiger partial charge in [-0.3, -0.25) is 29.5 Å². The minimum absolute atomic E-state index is 0.0342. The molecule has 4 aromatic rings. The van der Waals surface area contributed by atoms with E-state index in [1.54, 1.807) is 36.4 Å². The van der Waals surface area contributed by atoms with Gasteiger partial charge in [0.25, 0.3) is 11.8 Å². The zero-order valence-corrected chi connectivity index (χ0v) is 32.9. The van der Waals surface area contributed by atoms with E-state index in [1.165, 1.54) is 12.0 Å². The van der Waals surface area contributed by atoms with Crippen molar-refractivity contribution < 1.29 is 42.2 Å². The summed E-state index contributed by atoms with van der Waals surface area (Å²) in [4.78, 5) is 63.8. The second kappa shape index (κ2) is 14.1. The topological polar surface area (TPSA) is 129 Å². The van der Waals surface area contributed by atoms with Crippen LogP contribution in [-0.4, -0.2) is 50.7 Å². The number of anilines is 1. The van der Waals surface area contributed by atoms with E-state index in [0.717, 1.165) is 10.6 Å². The van der Waals surface area contributed by atoms with Gasteiger partial charge < -0.3 is 9.84 Å². The molecule has 6 atom stereocenters. The molecule has 2 saturated heterocycles. The highest BCUT2D eigenvalue weighted by molar-refractivity contribution is 14.1. The minimum atomic E-state index is -4.75. The second-order valence-corrected chi connectivity index (χ2v) is 16.2. The number of aromatic hydroxyl groups is 1. The summed E-state index contributed by atoms with van der Waals surface area (Å²) in [5, 5.41) is 11.5. The van der Waals surface area contributed by atoms with Crippen LogP contribution in [0.3, 0.4) is 0 Å². The highest BCUT2D eigenvalue weighted by atomic mass is 127. The average Bonchev–Trinajstić information content (AvgIpc) is 3.54. The number of nitrogens with zero attached hydrogens (tertiary/aromatic N) is 3. The Morgan fingerprint density at radius 1 is 0.982 bits per heavy atom. The number of fused-ring (bicyclic) bond motifs is 4. The third kappa shape index (κ3) is 5.94. The first-order valence-electron chi connectivity index (χ1n) is 17.5. The molecule has 2 aliphatic carbocycles. The molecule has 0 radical (unpaired) electrons. The number of benzene rings is 3. The molecule has 3 fully saturated rings. The van der Waals surface area contributed by atoms with Gasteiger partial charge in [0, 0.05) is 17.1 Å². The smallest absolute Gasteiger partial charge is 0.417 e. The SMILES string of the molecule is COc1cc([C@H]2C3=CC[C@@H]4C(=O)N(Cc5ccccc5)C(=O)[C@@H]4[C@@H]3C[C@H]3C(=O)N(Nc4ncc(C(F)(F)F)cc4Cl)C(=O)[C@@]23c2ccc(Cl)cc2)cc(I)c1O. The Kier molecular flexibility index (Phi) is 9.60. The van der Waals surface area contributed by atoms with E-state index in [0.29, 0.717) is 37.6 Å². The first kappa shape index (κ1) is 38.2. The summed E-state index contributed by atoms with van der Waals surface area (Å²) >= 11 is 14.6. The monoisotopic (exact) mass is 916 g/mol. The summed E-state index contributed by atoms with van der Waals surface area (Å²) in [6.07, 6.45) is -2.18. The summed E-state index contributed by atoms with van der Waals surface area (Å²) in [6, 6.07) is 19.5. The molecule has 288 valence electrons. The van der Waals surface area contributed by atoms with Crippen LogP contribution in [0.4, 0.5) is 19.0 Å². The van der Waals surface area contributed by atoms with E-state index in [1.807, 2.05) is 59.0 Å². The van der Waals surface area contributed by atoms with Crippen molar-refractivity contribution in [2.24, 2.45) is 23.7 Å². The number of carbonyl (C=O) groups is 4. The van der Waals surface area contributed by atoms with Crippen molar-refractivity contribution in [3.05, 3.63) is 127 Å². The third-order valence-electron chi connectivity index (χ3n) is 11.4. The van der Waals surface area contributed by atoms with Crippen molar-refractivity contribution in [2.75, 3.05) is 12.5 Å². The summed E-state index contributed by atoms with van der Waals surface area (Å²) in [7, 11) is 1.38. The van der Waals surface area contributed by atoms with Crippen molar-refractivity contribution in [1.82, 2.24) is 14.9 Å². The van der Waals surface area contributed by atoms with Gasteiger partial charge in [-0.15, -0.1) is 0 Å². The van der Waals surface area contributed by atoms with Gasteiger partial charge in [0.15, 0.2) is 17.3 Å². The number of phenols is 1. The Morgan fingerprint density at radius 3 is 2.36 bits per heavy atom. The lowest BCUT2D eigenvalue weighted by Crippen LogP contribution is -2.53. The number of phenolic OH excluding ortho intramolecular Hbond substituents is 1. The van der Waals surface area contributed by atoms with Crippen molar-refractivity contribution >= 4 is 75.2 Å². The summed E-state index contributed by atoms with van der Waals surface area (Å²) in [6.45, 7) is 0.0679. The lowest BCUT2D eigenvalue weighted by molar-refractivity contribution is -0.142. The maximum atomic E-state index is 15.4. The van der Waals surface area contributed by atoms with Gasteiger partial charge in [0.05, 0.1) is 51.0 Å². The number of allylic oxidation sites excluding steroid dienone is 2. The van der Waals surface area contributed by atoms with Crippen LogP contribution in [0.5, 0.6) is 11.5 Å². The fourth-order valence-electron chi connectivity index (χ4n) is 9.06. The molecule has 16 heteroatoms. The van der Waals surface area contributed by atoms with Crippen LogP contribution >= 0.6 is 45.8 Å². The van der Waals surface area contributed by atoms with Crippen LogP contribution in [0.25, 0.3) is 0 Å². The number of imide groups is 2. The van der Waals surface area contributed by atoms with Crippen LogP contribution in [0.15, 0.2) is 90.6 Å². The number of carbonyl (C=O) groups excluding carboxylic acids is 4. The number of methoxy groups -OCH3 is 1. The van der Waals surface area contributed by atoms with Crippen molar-refractivity contribution in [3.63, 3.8) is 0 Å². The van der Waals surface area contributed by atoms with Crippen LogP contribution < -0.4 is 10.2 Å². The van der Waals surface area contributed by atoms with E-state index in [2.05, 4.69) is 10.4 Å². The molecular formula is C40H30Cl2F3IN4O6. The van der Waals surface area contributed by atoms with Gasteiger partial charge in [-0.05, 0) is 88.4 Å². The van der Waals surface area contributed by atoms with E-state index < -0.39 is 63.6 Å². The molecule has 4 amide bonds. The van der Waals surface area contributed by atoms with Crippen LogP contribution in [0.2, 0.25) is 10.0 Å². The molecule has 0 spiro atoms. The lowest BCUT2D eigenvalue weighted by Gasteiger charge is -2.50. The highest BCUT2D eigenvalue weighted by Crippen LogP contribution is 2.64. The number of hydrogen-bond donors (Lipinski definition) is 2. The number of ether oxygens (including phenoxy) is 1. The highest BCUT2D eigenvalue weighted by Gasteiger charge is 2.70. The molecular weight excluding hydrogens is 887 g/mol. The van der Waals surface area contributed by atoms with E-state index in [4.69, 9.17) is 27.9 Å². The Morgan fingerprint density at radius 2 is 1.70 bits per heavy atom. The Hall–Kier alpha value is -4.67. The van der Waals surface area contributed by atoms with E-state index >= 15 is 4.79 Å². The number of rotatable bonds is 7. The molecule has 0 bridgehead atoms. The molecule has 3 heterocycles. The number of alkyl halides is 3. The quantitative estimate of drug-likeness (QED) is 0.109. The predicted octanol–water partition coefficient (Wildman–Crippen LogP) is 7.91. The first-order valence-corrected chi connectivity index (χ1v) is 19.3. The van der Waals surface area contributed by atoms with Gasteiger partial charge >= 0.3 is 6.18 Å². The zero-order valence-electron chi connectivity index (χ0n) is 29.2.